The summed E-state index contributed by atoms with van der Waals surface area (Å²) in [5.41, 5.74) is 12.0. The van der Waals surface area contributed by atoms with E-state index in [9.17, 15) is 29.4 Å². The zero-order valence-corrected chi connectivity index (χ0v) is 27.3. The molecule has 0 heterocycles. The Hall–Kier alpha value is -4.61. The smallest absolute Gasteiger partial charge is 0.326 e. The Balaban J connectivity index is 2.26. The first kappa shape index (κ1) is 37.6. The molecule has 2 aromatic carbocycles. The highest BCUT2D eigenvalue weighted by Crippen LogP contribution is 2.28. The molecule has 0 aliphatic heterocycles. The largest absolute Gasteiger partial charge is 0.508 e. The van der Waals surface area contributed by atoms with Gasteiger partial charge in [-0.25, -0.2) is 4.79 Å². The summed E-state index contributed by atoms with van der Waals surface area (Å²) in [7, 11) is 0. The molecule has 12 heteroatoms. The van der Waals surface area contributed by atoms with Crippen LogP contribution in [0.4, 0.5) is 0 Å². The predicted octanol–water partition coefficient (Wildman–Crippen LogP) is 2.62. The van der Waals surface area contributed by atoms with E-state index < -0.39 is 35.9 Å². The molecule has 0 fully saturated rings. The second-order valence-corrected chi connectivity index (χ2v) is 12.9. The molecule has 0 saturated heterocycles. The number of nitrogens with two attached hydrogens (primary N) is 2. The lowest BCUT2D eigenvalue weighted by Gasteiger charge is -2.27. The zero-order valence-electron chi connectivity index (χ0n) is 27.3. The molecule has 0 saturated carbocycles. The Bertz CT molecular complexity index is 1310. The summed E-state index contributed by atoms with van der Waals surface area (Å²) < 4.78 is 0. The average Bonchev–Trinajstić information content (AvgIpc) is 2.98. The van der Waals surface area contributed by atoms with Gasteiger partial charge in [0, 0.05) is 25.8 Å². The molecule has 9 N–H and O–H groups in total. The van der Waals surface area contributed by atoms with Gasteiger partial charge < -0.3 is 37.6 Å². The quantitative estimate of drug-likeness (QED) is 0.0689. The number of aromatic hydroxyl groups is 1. The number of nitrogens with zero attached hydrogens (tertiary/aromatic N) is 1. The van der Waals surface area contributed by atoms with Crippen molar-refractivity contribution in [1.29, 1.82) is 0 Å². The number of rotatable bonds is 19. The van der Waals surface area contributed by atoms with Crippen LogP contribution < -0.4 is 27.4 Å². The maximum Gasteiger partial charge on any atom is 0.326 e. The first-order chi connectivity index (χ1) is 21.6. The lowest BCUT2D eigenvalue weighted by Crippen LogP contribution is -2.56. The van der Waals surface area contributed by atoms with Crippen molar-refractivity contribution in [3.8, 4) is 5.75 Å². The van der Waals surface area contributed by atoms with Gasteiger partial charge in [0.15, 0.2) is 5.96 Å². The van der Waals surface area contributed by atoms with Crippen molar-refractivity contribution >= 4 is 29.7 Å². The molecule has 252 valence electrons. The minimum absolute atomic E-state index is 0.0273. The van der Waals surface area contributed by atoms with Crippen LogP contribution in [0, 0.1) is 11.3 Å². The minimum Gasteiger partial charge on any atom is -0.508 e. The van der Waals surface area contributed by atoms with E-state index in [1.807, 2.05) is 44.2 Å². The van der Waals surface area contributed by atoms with E-state index in [1.54, 1.807) is 12.1 Å². The second-order valence-electron chi connectivity index (χ2n) is 12.9. The van der Waals surface area contributed by atoms with E-state index >= 15 is 0 Å². The van der Waals surface area contributed by atoms with Gasteiger partial charge in [0.2, 0.25) is 17.7 Å². The highest BCUT2D eigenvalue weighted by molar-refractivity contribution is 5.93. The maximum absolute atomic E-state index is 13.7. The van der Waals surface area contributed by atoms with Crippen molar-refractivity contribution in [3.63, 3.8) is 0 Å². The van der Waals surface area contributed by atoms with Gasteiger partial charge >= 0.3 is 5.97 Å². The van der Waals surface area contributed by atoms with Gasteiger partial charge in [0.05, 0.1) is 0 Å². The summed E-state index contributed by atoms with van der Waals surface area (Å²) in [6, 6.07) is 11.8. The number of carbonyl (C=O) groups excluding carboxylic acids is 3. The van der Waals surface area contributed by atoms with Crippen LogP contribution in [0.2, 0.25) is 0 Å². The van der Waals surface area contributed by atoms with Crippen LogP contribution in [0.5, 0.6) is 5.75 Å². The van der Waals surface area contributed by atoms with Crippen LogP contribution in [-0.4, -0.2) is 64.5 Å². The average molecular weight is 639 g/mol. The van der Waals surface area contributed by atoms with Gasteiger partial charge in [0.25, 0.3) is 0 Å². The number of aliphatic carboxylic acids is 1. The van der Waals surface area contributed by atoms with Gasteiger partial charge in [-0.3, -0.25) is 19.4 Å². The lowest BCUT2D eigenvalue weighted by atomic mass is 9.82. The first-order valence-corrected chi connectivity index (χ1v) is 15.7. The summed E-state index contributed by atoms with van der Waals surface area (Å²) in [5, 5.41) is 27.6. The Morgan fingerprint density at radius 2 is 1.37 bits per heavy atom. The fourth-order valence-electron chi connectivity index (χ4n) is 4.89. The summed E-state index contributed by atoms with van der Waals surface area (Å²) in [5.74, 6) is -2.42. The van der Waals surface area contributed by atoms with E-state index in [4.69, 9.17) is 11.5 Å². The molecule has 3 amide bonds. The summed E-state index contributed by atoms with van der Waals surface area (Å²) in [6.45, 7) is 8.50. The monoisotopic (exact) mass is 638 g/mol. The number of aliphatic imine (C=N–C) groups is 1. The van der Waals surface area contributed by atoms with Gasteiger partial charge in [-0.15, -0.1) is 0 Å². The molecule has 0 bridgehead atoms. The highest BCUT2D eigenvalue weighted by Gasteiger charge is 2.31. The maximum atomic E-state index is 13.7. The normalized spacial score (nSPS) is 13.2. The molecule has 2 rings (SSSR count). The Labute approximate surface area is 271 Å². The Kier molecular flexibility index (Phi) is 15.0. The molecule has 0 aliphatic rings. The SMILES string of the molecule is CC(C)CCC(C)(C)CC(=O)N[C@@H](Cc1ccccc1)C(=O)N[C@@H](CCCN=C(N)N)C(=O)N[C@H](Cc1ccc(O)cc1)C(=O)O. The van der Waals surface area contributed by atoms with Crippen LogP contribution in [0.25, 0.3) is 0 Å². The molecule has 2 aromatic rings. The fourth-order valence-corrected chi connectivity index (χ4v) is 4.89. The van der Waals surface area contributed by atoms with Crippen molar-refractivity contribution in [2.24, 2.45) is 27.8 Å². The molecular weight excluding hydrogens is 588 g/mol. The van der Waals surface area contributed by atoms with Crippen molar-refractivity contribution in [3.05, 3.63) is 65.7 Å². The topological polar surface area (TPSA) is 209 Å². The van der Waals surface area contributed by atoms with Crippen LogP contribution in [0.1, 0.15) is 70.9 Å². The number of phenols is 1. The van der Waals surface area contributed by atoms with Gasteiger partial charge in [-0.2, -0.15) is 0 Å². The molecule has 0 unspecified atom stereocenters. The summed E-state index contributed by atoms with van der Waals surface area (Å²) in [6.07, 6.45) is 2.59. The van der Waals surface area contributed by atoms with E-state index in [1.165, 1.54) is 12.1 Å². The third-order valence-electron chi connectivity index (χ3n) is 7.54. The standard InChI is InChI=1S/C34H50N6O6/c1-22(2)16-17-34(3,4)21-29(42)38-27(19-23-9-6-5-7-10-23)31(44)39-26(11-8-18-37-33(35)36)30(43)40-28(32(45)46)20-24-12-14-25(41)15-13-24/h5-7,9-10,12-15,22,26-28,41H,8,11,16-21H2,1-4H3,(H,38,42)(H,39,44)(H,40,43)(H,45,46)(H4,35,36,37)/t26-,27-,28+/m0/s1. The fraction of sp³-hybridized carbons (Fsp3) is 0.500. The van der Waals surface area contributed by atoms with Gasteiger partial charge in [0.1, 0.15) is 23.9 Å². The Morgan fingerprint density at radius 3 is 1.96 bits per heavy atom. The number of nitrogens with one attached hydrogen (secondary N) is 3. The van der Waals surface area contributed by atoms with Crippen LogP contribution >= 0.6 is 0 Å². The molecule has 0 aliphatic carbocycles. The van der Waals surface area contributed by atoms with E-state index in [0.29, 0.717) is 17.9 Å². The molecule has 0 aromatic heterocycles. The third-order valence-corrected chi connectivity index (χ3v) is 7.54. The number of amides is 3. The molecule has 46 heavy (non-hydrogen) atoms. The lowest BCUT2D eigenvalue weighted by molar-refractivity contribution is -0.142. The molecule has 3 atom stereocenters. The van der Waals surface area contributed by atoms with Crippen LogP contribution in [0.15, 0.2) is 59.6 Å². The van der Waals surface area contributed by atoms with Crippen molar-refractivity contribution < 1.29 is 29.4 Å². The van der Waals surface area contributed by atoms with Crippen molar-refractivity contribution in [2.45, 2.75) is 90.8 Å². The summed E-state index contributed by atoms with van der Waals surface area (Å²) >= 11 is 0. The van der Waals surface area contributed by atoms with E-state index in [-0.39, 0.29) is 55.3 Å². The molecule has 0 spiro atoms. The number of carbonyl (C=O) groups is 4. The third kappa shape index (κ3) is 14.4. The van der Waals surface area contributed by atoms with Gasteiger partial charge in [-0.1, -0.05) is 76.6 Å². The number of hydrogen-bond acceptors (Lipinski definition) is 6. The zero-order chi connectivity index (χ0) is 34.3. The highest BCUT2D eigenvalue weighted by atomic mass is 16.4. The Morgan fingerprint density at radius 1 is 0.804 bits per heavy atom. The van der Waals surface area contributed by atoms with E-state index in [2.05, 4.69) is 34.8 Å². The number of benzene rings is 2. The number of phenolic OH excluding ortho intramolecular Hbond substituents is 1. The second kappa shape index (κ2) is 18.4. The number of guanidine groups is 1. The number of hydrogen-bond donors (Lipinski definition) is 7. The van der Waals surface area contributed by atoms with E-state index in [0.717, 1.165) is 18.4 Å². The molecule has 12 nitrogen and oxygen atoms in total. The number of carboxylic acid groups (broad SMARTS) is 1. The number of carboxylic acids is 1. The van der Waals surface area contributed by atoms with Crippen molar-refractivity contribution in [2.75, 3.05) is 6.54 Å². The molecule has 0 radical (unpaired) electrons. The predicted molar refractivity (Wildman–Crippen MR) is 178 cm³/mol. The van der Waals surface area contributed by atoms with Crippen LogP contribution in [0.3, 0.4) is 0 Å². The van der Waals surface area contributed by atoms with Crippen LogP contribution in [-0.2, 0) is 32.0 Å². The first-order valence-electron chi connectivity index (χ1n) is 15.7. The minimum atomic E-state index is -1.30. The summed E-state index contributed by atoms with van der Waals surface area (Å²) in [4.78, 5) is 56.5. The molecular formula is C34H50N6O6. The van der Waals surface area contributed by atoms with Crippen molar-refractivity contribution in [1.82, 2.24) is 16.0 Å². The van der Waals surface area contributed by atoms with Gasteiger partial charge in [-0.05, 0) is 53.9 Å².